The van der Waals surface area contributed by atoms with Crippen molar-refractivity contribution in [3.05, 3.63) is 23.9 Å². The summed E-state index contributed by atoms with van der Waals surface area (Å²) in [4.78, 5) is 16.0. The van der Waals surface area contributed by atoms with Crippen molar-refractivity contribution in [1.82, 2.24) is 10.3 Å². The van der Waals surface area contributed by atoms with E-state index >= 15 is 0 Å². The first-order valence-corrected chi connectivity index (χ1v) is 6.19. The lowest BCUT2D eigenvalue weighted by Gasteiger charge is -2.17. The largest absolute Gasteiger partial charge is 0.383 e. The summed E-state index contributed by atoms with van der Waals surface area (Å²) in [6.45, 7) is 2.44. The number of hydrogen-bond donors (Lipinski definition) is 2. The highest BCUT2D eigenvalue weighted by atomic mass is 16.5. The Morgan fingerprint density at radius 3 is 2.94 bits per heavy atom. The fourth-order valence-electron chi connectivity index (χ4n) is 1.91. The van der Waals surface area contributed by atoms with Crippen molar-refractivity contribution >= 4 is 11.8 Å². The maximum atomic E-state index is 11.8. The van der Waals surface area contributed by atoms with Crippen LogP contribution in [-0.4, -0.2) is 30.8 Å². The lowest BCUT2D eigenvalue weighted by molar-refractivity contribution is 0.159. The molecule has 2 amide bonds. The summed E-state index contributed by atoms with van der Waals surface area (Å²) in [5.41, 5.74) is 0.878. The average Bonchev–Trinajstić information content (AvgIpc) is 3.12. The minimum atomic E-state index is -0.220. The smallest absolute Gasteiger partial charge is 0.320 e. The summed E-state index contributed by atoms with van der Waals surface area (Å²) in [5, 5.41) is 5.67. The van der Waals surface area contributed by atoms with Crippen LogP contribution in [0.3, 0.4) is 0 Å². The van der Waals surface area contributed by atoms with Crippen LogP contribution in [0.25, 0.3) is 0 Å². The van der Waals surface area contributed by atoms with Crippen LogP contribution < -0.4 is 10.6 Å². The molecule has 18 heavy (non-hydrogen) atoms. The standard InChI is InChI=1S/C13H19N3O2/c1-9-4-3-5-12(14-9)16-13(17)15-11(8-18-2)10-6-7-10/h3-5,10-11H,6-8H2,1-2H3,(H2,14,15,16,17)/t11-/m1/s1. The lowest BCUT2D eigenvalue weighted by Crippen LogP contribution is -2.42. The van der Waals surface area contributed by atoms with Crippen molar-refractivity contribution in [2.45, 2.75) is 25.8 Å². The third-order valence-electron chi connectivity index (χ3n) is 2.98. The Kier molecular flexibility index (Phi) is 4.15. The number of amides is 2. The van der Waals surface area contributed by atoms with E-state index in [0.29, 0.717) is 18.3 Å². The Balaban J connectivity index is 1.87. The van der Waals surface area contributed by atoms with Gasteiger partial charge in [-0.25, -0.2) is 9.78 Å². The Hall–Kier alpha value is -1.62. The normalized spacial score (nSPS) is 16.1. The van der Waals surface area contributed by atoms with Crippen molar-refractivity contribution in [2.24, 2.45) is 5.92 Å². The van der Waals surface area contributed by atoms with E-state index in [1.807, 2.05) is 19.1 Å². The van der Waals surface area contributed by atoms with E-state index in [0.717, 1.165) is 18.5 Å². The molecule has 2 rings (SSSR count). The van der Waals surface area contributed by atoms with Gasteiger partial charge < -0.3 is 10.1 Å². The van der Waals surface area contributed by atoms with Crippen LogP contribution in [0.5, 0.6) is 0 Å². The number of carbonyl (C=O) groups is 1. The first kappa shape index (κ1) is 12.8. The molecule has 0 radical (unpaired) electrons. The van der Waals surface area contributed by atoms with E-state index in [-0.39, 0.29) is 12.1 Å². The average molecular weight is 249 g/mol. The van der Waals surface area contributed by atoms with E-state index in [2.05, 4.69) is 15.6 Å². The highest BCUT2D eigenvalue weighted by Crippen LogP contribution is 2.32. The van der Waals surface area contributed by atoms with Crippen LogP contribution >= 0.6 is 0 Å². The molecule has 0 aliphatic heterocycles. The number of rotatable bonds is 5. The zero-order valence-corrected chi connectivity index (χ0v) is 10.8. The van der Waals surface area contributed by atoms with E-state index in [4.69, 9.17) is 4.74 Å². The van der Waals surface area contributed by atoms with Crippen LogP contribution in [0.15, 0.2) is 18.2 Å². The number of methoxy groups -OCH3 is 1. The van der Waals surface area contributed by atoms with Gasteiger partial charge in [-0.1, -0.05) is 6.07 Å². The number of anilines is 1. The van der Waals surface area contributed by atoms with E-state index in [1.54, 1.807) is 13.2 Å². The summed E-state index contributed by atoms with van der Waals surface area (Å²) >= 11 is 0. The Bertz CT molecular complexity index is 418. The number of hydrogen-bond acceptors (Lipinski definition) is 3. The number of urea groups is 1. The van der Waals surface area contributed by atoms with Gasteiger partial charge in [-0.3, -0.25) is 5.32 Å². The number of pyridine rings is 1. The molecule has 0 unspecified atom stereocenters. The summed E-state index contributed by atoms with van der Waals surface area (Å²) in [6.07, 6.45) is 2.33. The number of ether oxygens (including phenoxy) is 1. The fourth-order valence-corrected chi connectivity index (χ4v) is 1.91. The molecule has 1 aromatic heterocycles. The molecule has 5 nitrogen and oxygen atoms in total. The summed E-state index contributed by atoms with van der Waals surface area (Å²) in [6, 6.07) is 5.41. The predicted octanol–water partition coefficient (Wildman–Crippen LogP) is 1.94. The molecule has 0 aromatic carbocycles. The number of aryl methyl sites for hydroxylation is 1. The van der Waals surface area contributed by atoms with Crippen molar-refractivity contribution < 1.29 is 9.53 Å². The van der Waals surface area contributed by atoms with Gasteiger partial charge in [0, 0.05) is 12.8 Å². The minimum absolute atomic E-state index is 0.0970. The first-order valence-electron chi connectivity index (χ1n) is 6.19. The molecule has 1 fully saturated rings. The monoisotopic (exact) mass is 249 g/mol. The van der Waals surface area contributed by atoms with Crippen molar-refractivity contribution in [3.63, 3.8) is 0 Å². The van der Waals surface area contributed by atoms with Gasteiger partial charge in [0.2, 0.25) is 0 Å². The zero-order valence-electron chi connectivity index (χ0n) is 10.8. The molecule has 0 saturated heterocycles. The van der Waals surface area contributed by atoms with Crippen molar-refractivity contribution in [3.8, 4) is 0 Å². The molecule has 1 saturated carbocycles. The number of carbonyl (C=O) groups excluding carboxylic acids is 1. The molecule has 98 valence electrons. The Labute approximate surface area is 107 Å². The van der Waals surface area contributed by atoms with Crippen LogP contribution in [0.2, 0.25) is 0 Å². The molecule has 1 heterocycles. The van der Waals surface area contributed by atoms with Gasteiger partial charge in [0.05, 0.1) is 12.6 Å². The third-order valence-corrected chi connectivity index (χ3v) is 2.98. The molecular weight excluding hydrogens is 230 g/mol. The van der Waals surface area contributed by atoms with Gasteiger partial charge in [-0.2, -0.15) is 0 Å². The molecular formula is C13H19N3O2. The number of aromatic nitrogens is 1. The van der Waals surface area contributed by atoms with Crippen molar-refractivity contribution in [2.75, 3.05) is 19.0 Å². The van der Waals surface area contributed by atoms with Gasteiger partial charge in [0.15, 0.2) is 0 Å². The summed E-state index contributed by atoms with van der Waals surface area (Å²) in [5.74, 6) is 1.13. The summed E-state index contributed by atoms with van der Waals surface area (Å²) < 4.78 is 5.12. The summed E-state index contributed by atoms with van der Waals surface area (Å²) in [7, 11) is 1.65. The van der Waals surface area contributed by atoms with Crippen LogP contribution in [0, 0.1) is 12.8 Å². The quantitative estimate of drug-likeness (QED) is 0.838. The van der Waals surface area contributed by atoms with Gasteiger partial charge in [0.25, 0.3) is 0 Å². The molecule has 0 bridgehead atoms. The van der Waals surface area contributed by atoms with Crippen LogP contribution in [0.4, 0.5) is 10.6 Å². The highest BCUT2D eigenvalue weighted by Gasteiger charge is 2.32. The molecule has 1 aromatic rings. The Morgan fingerprint density at radius 2 is 2.33 bits per heavy atom. The highest BCUT2D eigenvalue weighted by molar-refractivity contribution is 5.88. The van der Waals surface area contributed by atoms with Crippen LogP contribution in [-0.2, 0) is 4.74 Å². The second kappa shape index (κ2) is 5.82. The topological polar surface area (TPSA) is 63.2 Å². The first-order chi connectivity index (χ1) is 8.69. The van der Waals surface area contributed by atoms with Gasteiger partial charge in [0.1, 0.15) is 5.82 Å². The van der Waals surface area contributed by atoms with E-state index in [9.17, 15) is 4.79 Å². The second-order valence-corrected chi connectivity index (χ2v) is 4.66. The van der Waals surface area contributed by atoms with Crippen LogP contribution in [0.1, 0.15) is 18.5 Å². The molecule has 2 N–H and O–H groups in total. The molecule has 0 spiro atoms. The van der Waals surface area contributed by atoms with Gasteiger partial charge in [-0.05, 0) is 37.8 Å². The zero-order chi connectivity index (χ0) is 13.0. The third kappa shape index (κ3) is 3.70. The predicted molar refractivity (Wildman–Crippen MR) is 69.5 cm³/mol. The van der Waals surface area contributed by atoms with E-state index in [1.165, 1.54) is 0 Å². The number of nitrogens with zero attached hydrogens (tertiary/aromatic N) is 1. The molecule has 1 aliphatic carbocycles. The fraction of sp³-hybridized carbons (Fsp3) is 0.538. The molecule has 1 atom stereocenters. The molecule has 5 heteroatoms. The second-order valence-electron chi connectivity index (χ2n) is 4.66. The minimum Gasteiger partial charge on any atom is -0.383 e. The SMILES string of the molecule is COC[C@@H](NC(=O)Nc1cccc(C)n1)C1CC1. The number of nitrogens with one attached hydrogen (secondary N) is 2. The maximum absolute atomic E-state index is 11.8. The van der Waals surface area contributed by atoms with E-state index < -0.39 is 0 Å². The lowest BCUT2D eigenvalue weighted by atomic mass is 10.2. The van der Waals surface area contributed by atoms with Crippen molar-refractivity contribution in [1.29, 1.82) is 0 Å². The molecule has 1 aliphatic rings. The van der Waals surface area contributed by atoms with Gasteiger partial charge in [-0.15, -0.1) is 0 Å². The van der Waals surface area contributed by atoms with Gasteiger partial charge >= 0.3 is 6.03 Å². The Morgan fingerprint density at radius 1 is 1.56 bits per heavy atom. The maximum Gasteiger partial charge on any atom is 0.320 e.